The molecule has 0 spiro atoms. The van der Waals surface area contributed by atoms with Gasteiger partial charge in [0.05, 0.1) is 13.2 Å². The summed E-state index contributed by atoms with van der Waals surface area (Å²) in [7, 11) is 0. The average molecular weight is 234 g/mol. The van der Waals surface area contributed by atoms with Crippen molar-refractivity contribution in [3.63, 3.8) is 0 Å². The van der Waals surface area contributed by atoms with Gasteiger partial charge in [0, 0.05) is 24.2 Å². The lowest BCUT2D eigenvalue weighted by Crippen LogP contribution is -2.38. The van der Waals surface area contributed by atoms with E-state index >= 15 is 0 Å². The minimum atomic E-state index is 0.506. The lowest BCUT2D eigenvalue weighted by atomic mass is 10.0. The number of benzene rings is 1. The normalized spacial score (nSPS) is 23.8. The number of nitrogens with one attached hydrogen (secondary N) is 2. The van der Waals surface area contributed by atoms with E-state index in [1.54, 1.807) is 0 Å². The Labute approximate surface area is 104 Å². The van der Waals surface area contributed by atoms with E-state index in [-0.39, 0.29) is 0 Å². The average Bonchev–Trinajstić information content (AvgIpc) is 2.82. The minimum Gasteiger partial charge on any atom is -0.385 e. The Bertz CT molecular complexity index is 315. The number of ether oxygens (including phenoxy) is 1. The van der Waals surface area contributed by atoms with Crippen molar-refractivity contribution in [3.05, 3.63) is 30.3 Å². The third-order valence-electron chi connectivity index (χ3n) is 3.20. The van der Waals surface area contributed by atoms with Crippen LogP contribution in [0.1, 0.15) is 13.3 Å². The molecule has 0 bridgehead atoms. The van der Waals surface area contributed by atoms with Gasteiger partial charge in [0.1, 0.15) is 0 Å². The van der Waals surface area contributed by atoms with Gasteiger partial charge in [-0.15, -0.1) is 0 Å². The first-order valence-electron chi connectivity index (χ1n) is 6.50. The Balaban J connectivity index is 1.78. The van der Waals surface area contributed by atoms with Crippen molar-refractivity contribution in [1.29, 1.82) is 0 Å². The molecule has 1 aromatic rings. The third-order valence-corrected chi connectivity index (χ3v) is 3.20. The first-order valence-corrected chi connectivity index (χ1v) is 6.50. The Morgan fingerprint density at radius 3 is 2.82 bits per heavy atom. The van der Waals surface area contributed by atoms with Crippen molar-refractivity contribution >= 4 is 5.69 Å². The zero-order valence-electron chi connectivity index (χ0n) is 10.5. The van der Waals surface area contributed by atoms with E-state index in [4.69, 9.17) is 4.74 Å². The zero-order chi connectivity index (χ0) is 11.9. The Morgan fingerprint density at radius 2 is 2.06 bits per heavy atom. The molecule has 1 aliphatic rings. The molecule has 1 aliphatic heterocycles. The number of para-hydroxylation sites is 1. The van der Waals surface area contributed by atoms with E-state index in [0.717, 1.165) is 26.3 Å². The van der Waals surface area contributed by atoms with Crippen molar-refractivity contribution in [2.75, 3.05) is 31.6 Å². The standard InChI is InChI=1S/C14H22N2O/c1-2-8-15-14-11-17-10-12(14)9-16-13-6-4-3-5-7-13/h3-7,12,14-16H,2,8-11H2,1H3. The molecule has 0 aromatic heterocycles. The second kappa shape index (κ2) is 6.62. The zero-order valence-corrected chi connectivity index (χ0v) is 10.5. The van der Waals surface area contributed by atoms with Gasteiger partial charge in [0.25, 0.3) is 0 Å². The van der Waals surface area contributed by atoms with Gasteiger partial charge in [-0.05, 0) is 25.1 Å². The van der Waals surface area contributed by atoms with Gasteiger partial charge < -0.3 is 15.4 Å². The summed E-state index contributed by atoms with van der Waals surface area (Å²) in [6.45, 7) is 5.96. The van der Waals surface area contributed by atoms with Crippen LogP contribution in [0.5, 0.6) is 0 Å². The number of rotatable bonds is 6. The van der Waals surface area contributed by atoms with E-state index in [9.17, 15) is 0 Å². The van der Waals surface area contributed by atoms with Gasteiger partial charge in [-0.2, -0.15) is 0 Å². The van der Waals surface area contributed by atoms with Crippen LogP contribution >= 0.6 is 0 Å². The number of hydrogen-bond donors (Lipinski definition) is 2. The van der Waals surface area contributed by atoms with E-state index in [1.165, 1.54) is 12.1 Å². The van der Waals surface area contributed by atoms with Crippen LogP contribution in [0.4, 0.5) is 5.69 Å². The quantitative estimate of drug-likeness (QED) is 0.791. The van der Waals surface area contributed by atoms with Crippen molar-refractivity contribution in [3.8, 4) is 0 Å². The highest BCUT2D eigenvalue weighted by Crippen LogP contribution is 2.15. The molecule has 0 saturated carbocycles. The first-order chi connectivity index (χ1) is 8.40. The van der Waals surface area contributed by atoms with Crippen LogP contribution in [0, 0.1) is 5.92 Å². The maximum atomic E-state index is 5.55. The molecule has 0 aliphatic carbocycles. The summed E-state index contributed by atoms with van der Waals surface area (Å²) in [6.07, 6.45) is 1.18. The molecule has 1 heterocycles. The van der Waals surface area contributed by atoms with Crippen molar-refractivity contribution in [1.82, 2.24) is 5.32 Å². The Kier molecular flexibility index (Phi) is 4.83. The van der Waals surface area contributed by atoms with Crippen LogP contribution in [-0.4, -0.2) is 32.3 Å². The molecule has 2 unspecified atom stereocenters. The lowest BCUT2D eigenvalue weighted by molar-refractivity contribution is 0.183. The Morgan fingerprint density at radius 1 is 1.24 bits per heavy atom. The molecular weight excluding hydrogens is 212 g/mol. The number of anilines is 1. The monoisotopic (exact) mass is 234 g/mol. The van der Waals surface area contributed by atoms with Crippen LogP contribution in [0.2, 0.25) is 0 Å². The number of hydrogen-bond acceptors (Lipinski definition) is 3. The van der Waals surface area contributed by atoms with Crippen molar-refractivity contribution in [2.45, 2.75) is 19.4 Å². The van der Waals surface area contributed by atoms with E-state index < -0.39 is 0 Å². The molecule has 3 heteroatoms. The van der Waals surface area contributed by atoms with E-state index in [2.05, 4.69) is 41.8 Å². The molecule has 17 heavy (non-hydrogen) atoms. The molecule has 1 fully saturated rings. The fourth-order valence-electron chi connectivity index (χ4n) is 2.16. The molecule has 1 aromatic carbocycles. The lowest BCUT2D eigenvalue weighted by Gasteiger charge is -2.19. The van der Waals surface area contributed by atoms with Crippen molar-refractivity contribution in [2.24, 2.45) is 5.92 Å². The second-order valence-electron chi connectivity index (χ2n) is 4.61. The Hall–Kier alpha value is -1.06. The molecule has 2 rings (SSSR count). The smallest absolute Gasteiger partial charge is 0.0624 e. The molecule has 2 atom stereocenters. The fraction of sp³-hybridized carbons (Fsp3) is 0.571. The molecule has 94 valence electrons. The van der Waals surface area contributed by atoms with Crippen LogP contribution in [-0.2, 0) is 4.74 Å². The van der Waals surface area contributed by atoms with Gasteiger partial charge >= 0.3 is 0 Å². The molecule has 0 amide bonds. The van der Waals surface area contributed by atoms with Crippen LogP contribution in [0.3, 0.4) is 0 Å². The van der Waals surface area contributed by atoms with Crippen LogP contribution < -0.4 is 10.6 Å². The van der Waals surface area contributed by atoms with Crippen LogP contribution in [0.15, 0.2) is 30.3 Å². The fourth-order valence-corrected chi connectivity index (χ4v) is 2.16. The van der Waals surface area contributed by atoms with Gasteiger partial charge in [0.15, 0.2) is 0 Å². The summed E-state index contributed by atoms with van der Waals surface area (Å²) >= 11 is 0. The van der Waals surface area contributed by atoms with E-state index in [0.29, 0.717) is 12.0 Å². The van der Waals surface area contributed by atoms with E-state index in [1.807, 2.05) is 6.07 Å². The van der Waals surface area contributed by atoms with Gasteiger partial charge in [0.2, 0.25) is 0 Å². The summed E-state index contributed by atoms with van der Waals surface area (Å²) in [5.41, 5.74) is 1.19. The van der Waals surface area contributed by atoms with Crippen LogP contribution in [0.25, 0.3) is 0 Å². The predicted octanol–water partition coefficient (Wildman–Crippen LogP) is 2.11. The molecule has 3 nitrogen and oxygen atoms in total. The summed E-state index contributed by atoms with van der Waals surface area (Å²) in [5.74, 6) is 0.571. The highest BCUT2D eigenvalue weighted by Gasteiger charge is 2.27. The molecule has 2 N–H and O–H groups in total. The largest absolute Gasteiger partial charge is 0.385 e. The third kappa shape index (κ3) is 3.72. The SMILES string of the molecule is CCCNC1COCC1CNc1ccccc1. The topological polar surface area (TPSA) is 33.3 Å². The minimum absolute atomic E-state index is 0.506. The van der Waals surface area contributed by atoms with Gasteiger partial charge in [-0.3, -0.25) is 0 Å². The maximum Gasteiger partial charge on any atom is 0.0624 e. The first kappa shape index (κ1) is 12.4. The highest BCUT2D eigenvalue weighted by atomic mass is 16.5. The van der Waals surface area contributed by atoms with Gasteiger partial charge in [-0.25, -0.2) is 0 Å². The molecular formula is C14H22N2O. The maximum absolute atomic E-state index is 5.55. The highest BCUT2D eigenvalue weighted by molar-refractivity contribution is 5.42. The molecule has 1 saturated heterocycles. The summed E-state index contributed by atoms with van der Waals surface area (Å²) in [4.78, 5) is 0. The summed E-state index contributed by atoms with van der Waals surface area (Å²) in [5, 5.41) is 7.03. The summed E-state index contributed by atoms with van der Waals surface area (Å²) < 4.78 is 5.55. The second-order valence-corrected chi connectivity index (χ2v) is 4.61. The molecule has 0 radical (unpaired) electrons. The van der Waals surface area contributed by atoms with Gasteiger partial charge in [-0.1, -0.05) is 25.1 Å². The predicted molar refractivity (Wildman–Crippen MR) is 71.3 cm³/mol. The van der Waals surface area contributed by atoms with Crippen molar-refractivity contribution < 1.29 is 4.74 Å². The summed E-state index contributed by atoms with van der Waals surface area (Å²) in [6, 6.07) is 10.9.